The maximum atomic E-state index is 13.7. The molecule has 96 valence electrons. The van der Waals surface area contributed by atoms with Crippen molar-refractivity contribution in [1.82, 2.24) is 0 Å². The van der Waals surface area contributed by atoms with Crippen LogP contribution >= 0.6 is 15.9 Å². The maximum absolute atomic E-state index is 13.7. The lowest BCUT2D eigenvalue weighted by atomic mass is 9.97. The zero-order valence-electron chi connectivity index (χ0n) is 9.59. The van der Waals surface area contributed by atoms with E-state index in [4.69, 9.17) is 5.73 Å². The Hall–Kier alpha value is -0.520. The molecule has 0 aliphatic rings. The van der Waals surface area contributed by atoms with Gasteiger partial charge in [0.25, 0.3) is 0 Å². The summed E-state index contributed by atoms with van der Waals surface area (Å²) in [7, 11) is 0. The molecular formula is C12H16BrF2NO. The van der Waals surface area contributed by atoms with Gasteiger partial charge in [-0.3, -0.25) is 0 Å². The van der Waals surface area contributed by atoms with Crippen LogP contribution in [0.4, 0.5) is 8.78 Å². The summed E-state index contributed by atoms with van der Waals surface area (Å²) in [6, 6.07) is 1.37. The minimum Gasteiger partial charge on any atom is -0.391 e. The van der Waals surface area contributed by atoms with Crippen LogP contribution in [-0.2, 0) is 0 Å². The third-order valence-electron chi connectivity index (χ3n) is 2.68. The standard InChI is InChI=1S/C12H16BrF2NO/c1-2-3-4-9(17)12(16)10-8(14)6-5-7(13)11(10)15/h5-6,9,12,17H,2-4,16H2,1H3/t9-,12-/m0/s1. The van der Waals surface area contributed by atoms with E-state index in [2.05, 4.69) is 15.9 Å². The highest BCUT2D eigenvalue weighted by atomic mass is 79.9. The summed E-state index contributed by atoms with van der Waals surface area (Å²) in [6.07, 6.45) is 1.16. The molecule has 0 radical (unpaired) electrons. The first-order valence-electron chi connectivity index (χ1n) is 5.56. The fourth-order valence-electron chi connectivity index (χ4n) is 1.63. The molecule has 0 saturated carbocycles. The van der Waals surface area contributed by atoms with Crippen molar-refractivity contribution < 1.29 is 13.9 Å². The molecule has 1 aromatic carbocycles. The van der Waals surface area contributed by atoms with E-state index >= 15 is 0 Å². The molecule has 0 aromatic heterocycles. The summed E-state index contributed by atoms with van der Waals surface area (Å²) in [5.41, 5.74) is 5.44. The van der Waals surface area contributed by atoms with E-state index in [-0.39, 0.29) is 10.0 Å². The van der Waals surface area contributed by atoms with Gasteiger partial charge < -0.3 is 10.8 Å². The average Bonchev–Trinajstić information content (AvgIpc) is 2.31. The lowest BCUT2D eigenvalue weighted by molar-refractivity contribution is 0.129. The van der Waals surface area contributed by atoms with E-state index in [1.807, 2.05) is 6.92 Å². The Labute approximate surface area is 108 Å². The van der Waals surface area contributed by atoms with Crippen molar-refractivity contribution in [2.75, 3.05) is 0 Å². The Balaban J connectivity index is 2.95. The molecule has 0 amide bonds. The first-order valence-corrected chi connectivity index (χ1v) is 6.35. The summed E-state index contributed by atoms with van der Waals surface area (Å²) in [5, 5.41) is 9.77. The quantitative estimate of drug-likeness (QED) is 0.820. The number of aliphatic hydroxyl groups is 1. The van der Waals surface area contributed by atoms with E-state index in [1.165, 1.54) is 6.07 Å². The number of nitrogens with two attached hydrogens (primary N) is 1. The van der Waals surface area contributed by atoms with Gasteiger partial charge >= 0.3 is 0 Å². The van der Waals surface area contributed by atoms with Crippen molar-refractivity contribution in [2.45, 2.75) is 38.3 Å². The molecule has 5 heteroatoms. The van der Waals surface area contributed by atoms with E-state index < -0.39 is 23.8 Å². The Kier molecular flexibility index (Phi) is 5.49. The maximum Gasteiger partial charge on any atom is 0.145 e. The Morgan fingerprint density at radius 3 is 2.65 bits per heavy atom. The Morgan fingerprint density at radius 1 is 1.41 bits per heavy atom. The summed E-state index contributed by atoms with van der Waals surface area (Å²) < 4.78 is 27.4. The minimum atomic E-state index is -1.04. The highest BCUT2D eigenvalue weighted by molar-refractivity contribution is 9.10. The van der Waals surface area contributed by atoms with Crippen LogP contribution in [0.5, 0.6) is 0 Å². The second-order valence-electron chi connectivity index (χ2n) is 3.99. The van der Waals surface area contributed by atoms with Crippen molar-refractivity contribution in [3.63, 3.8) is 0 Å². The number of benzene rings is 1. The van der Waals surface area contributed by atoms with Crippen molar-refractivity contribution in [2.24, 2.45) is 5.73 Å². The van der Waals surface area contributed by atoms with Gasteiger partial charge in [-0.15, -0.1) is 0 Å². The van der Waals surface area contributed by atoms with Crippen LogP contribution in [-0.4, -0.2) is 11.2 Å². The molecule has 0 unspecified atom stereocenters. The lowest BCUT2D eigenvalue weighted by Gasteiger charge is -2.20. The molecule has 0 spiro atoms. The van der Waals surface area contributed by atoms with E-state index in [0.717, 1.165) is 18.9 Å². The van der Waals surface area contributed by atoms with E-state index in [0.29, 0.717) is 6.42 Å². The molecule has 0 saturated heterocycles. The fraction of sp³-hybridized carbons (Fsp3) is 0.500. The monoisotopic (exact) mass is 307 g/mol. The van der Waals surface area contributed by atoms with Crippen LogP contribution in [0.2, 0.25) is 0 Å². The van der Waals surface area contributed by atoms with Gasteiger partial charge in [-0.05, 0) is 34.5 Å². The molecule has 17 heavy (non-hydrogen) atoms. The highest BCUT2D eigenvalue weighted by Crippen LogP contribution is 2.28. The third-order valence-corrected chi connectivity index (χ3v) is 3.29. The zero-order chi connectivity index (χ0) is 13.0. The normalized spacial score (nSPS) is 14.7. The molecule has 1 rings (SSSR count). The summed E-state index contributed by atoms with van der Waals surface area (Å²) in [6.45, 7) is 1.97. The molecule has 0 aliphatic carbocycles. The number of unbranched alkanes of at least 4 members (excludes halogenated alkanes) is 1. The van der Waals surface area contributed by atoms with Gasteiger partial charge in [-0.2, -0.15) is 0 Å². The molecule has 0 bridgehead atoms. The molecule has 0 fully saturated rings. The number of rotatable bonds is 5. The number of hydrogen-bond donors (Lipinski definition) is 2. The smallest absolute Gasteiger partial charge is 0.145 e. The van der Waals surface area contributed by atoms with Gasteiger partial charge in [-0.25, -0.2) is 8.78 Å². The second kappa shape index (κ2) is 6.42. The largest absolute Gasteiger partial charge is 0.391 e. The van der Waals surface area contributed by atoms with Gasteiger partial charge in [0.2, 0.25) is 0 Å². The molecule has 2 atom stereocenters. The van der Waals surface area contributed by atoms with Gasteiger partial charge in [0, 0.05) is 5.56 Å². The third kappa shape index (κ3) is 3.47. The van der Waals surface area contributed by atoms with Crippen molar-refractivity contribution in [3.05, 3.63) is 33.8 Å². The van der Waals surface area contributed by atoms with E-state index in [1.54, 1.807) is 0 Å². The number of hydrogen-bond acceptors (Lipinski definition) is 2. The Morgan fingerprint density at radius 2 is 2.06 bits per heavy atom. The van der Waals surface area contributed by atoms with Gasteiger partial charge in [0.1, 0.15) is 11.6 Å². The highest BCUT2D eigenvalue weighted by Gasteiger charge is 2.24. The summed E-state index contributed by atoms with van der Waals surface area (Å²) in [5.74, 6) is -1.47. The average molecular weight is 308 g/mol. The second-order valence-corrected chi connectivity index (χ2v) is 4.85. The molecule has 3 N–H and O–H groups in total. The SMILES string of the molecule is CCCC[C@H](O)[C@H](N)c1c(F)ccc(Br)c1F. The molecule has 0 aliphatic heterocycles. The van der Waals surface area contributed by atoms with Crippen LogP contribution in [0.3, 0.4) is 0 Å². The van der Waals surface area contributed by atoms with Crippen molar-refractivity contribution in [1.29, 1.82) is 0 Å². The first kappa shape index (κ1) is 14.5. The van der Waals surface area contributed by atoms with Gasteiger partial charge in [0.05, 0.1) is 16.6 Å². The number of halogens is 3. The van der Waals surface area contributed by atoms with Crippen LogP contribution in [0.25, 0.3) is 0 Å². The van der Waals surface area contributed by atoms with Crippen LogP contribution < -0.4 is 5.73 Å². The topological polar surface area (TPSA) is 46.2 Å². The predicted molar refractivity (Wildman–Crippen MR) is 66.5 cm³/mol. The minimum absolute atomic E-state index is 0.145. The molecular weight excluding hydrogens is 292 g/mol. The number of aliphatic hydroxyl groups excluding tert-OH is 1. The molecule has 1 aromatic rings. The zero-order valence-corrected chi connectivity index (χ0v) is 11.2. The van der Waals surface area contributed by atoms with Crippen LogP contribution in [0, 0.1) is 11.6 Å². The fourth-order valence-corrected chi connectivity index (χ4v) is 1.98. The summed E-state index contributed by atoms with van der Waals surface area (Å²) in [4.78, 5) is 0. The summed E-state index contributed by atoms with van der Waals surface area (Å²) >= 11 is 2.97. The first-order chi connectivity index (χ1) is 7.99. The van der Waals surface area contributed by atoms with Crippen molar-refractivity contribution >= 4 is 15.9 Å². The van der Waals surface area contributed by atoms with Gasteiger partial charge in [0.15, 0.2) is 0 Å². The lowest BCUT2D eigenvalue weighted by Crippen LogP contribution is -2.28. The van der Waals surface area contributed by atoms with E-state index in [9.17, 15) is 13.9 Å². The van der Waals surface area contributed by atoms with Crippen LogP contribution in [0.1, 0.15) is 37.8 Å². The molecule has 0 heterocycles. The van der Waals surface area contributed by atoms with Gasteiger partial charge in [-0.1, -0.05) is 19.8 Å². The van der Waals surface area contributed by atoms with Crippen LogP contribution in [0.15, 0.2) is 16.6 Å². The van der Waals surface area contributed by atoms with Crippen molar-refractivity contribution in [3.8, 4) is 0 Å². The Bertz CT molecular complexity index is 387. The predicted octanol–water partition coefficient (Wildman–Crippen LogP) is 3.28. The molecule has 2 nitrogen and oxygen atoms in total.